The summed E-state index contributed by atoms with van der Waals surface area (Å²) in [5.41, 5.74) is 0.302. The predicted molar refractivity (Wildman–Crippen MR) is 140 cm³/mol. The average Bonchev–Trinajstić information content (AvgIpc) is 3.44. The van der Waals surface area contributed by atoms with Crippen LogP contribution in [-0.2, 0) is 19.6 Å². The lowest BCUT2D eigenvalue weighted by molar-refractivity contribution is -0.137. The number of nitrogens with one attached hydrogen (secondary N) is 1. The largest absolute Gasteiger partial charge is 0.351 e. The molecule has 190 valence electrons. The molecule has 3 aliphatic rings. The van der Waals surface area contributed by atoms with Crippen LogP contribution in [0.4, 0.5) is 5.69 Å². The number of benzene rings is 2. The summed E-state index contributed by atoms with van der Waals surface area (Å²) in [4.78, 5) is 28.4. The van der Waals surface area contributed by atoms with Crippen molar-refractivity contribution in [2.75, 3.05) is 18.0 Å². The van der Waals surface area contributed by atoms with Gasteiger partial charge in [-0.25, -0.2) is 8.42 Å². The molecule has 3 fully saturated rings. The summed E-state index contributed by atoms with van der Waals surface area (Å²) in [5, 5.41) is 3.20. The fourth-order valence-corrected chi connectivity index (χ4v) is 7.00. The summed E-state index contributed by atoms with van der Waals surface area (Å²) >= 11 is 0. The molecule has 2 aliphatic heterocycles. The lowest BCUT2D eigenvalue weighted by Crippen LogP contribution is -2.70. The van der Waals surface area contributed by atoms with E-state index in [0.717, 1.165) is 44.1 Å². The minimum absolute atomic E-state index is 0.0721. The number of hydrogen-bond donors (Lipinski definition) is 1. The van der Waals surface area contributed by atoms with Crippen molar-refractivity contribution in [3.05, 3.63) is 66.2 Å². The third-order valence-corrected chi connectivity index (χ3v) is 9.46. The highest BCUT2D eigenvalue weighted by Crippen LogP contribution is 2.40. The Morgan fingerprint density at radius 2 is 1.58 bits per heavy atom. The van der Waals surface area contributed by atoms with Crippen LogP contribution < -0.4 is 10.2 Å². The lowest BCUT2D eigenvalue weighted by Gasteiger charge is -2.49. The molecule has 1 saturated carbocycles. The predicted octanol–water partition coefficient (Wildman–Crippen LogP) is 4.11. The number of hydrogen-bond acceptors (Lipinski definition) is 4. The van der Waals surface area contributed by atoms with Gasteiger partial charge in [0.15, 0.2) is 5.54 Å². The minimum atomic E-state index is -3.56. The Labute approximate surface area is 213 Å². The molecular formula is C28H33N3O4S. The topological polar surface area (TPSA) is 86.8 Å². The highest BCUT2D eigenvalue weighted by atomic mass is 32.2. The second kappa shape index (κ2) is 10.2. The Morgan fingerprint density at radius 1 is 0.917 bits per heavy atom. The van der Waals surface area contributed by atoms with E-state index in [1.54, 1.807) is 24.3 Å². The summed E-state index contributed by atoms with van der Waals surface area (Å²) in [6, 6.07) is 16.2. The Balaban J connectivity index is 1.45. The Bertz CT molecular complexity index is 1230. The average molecular weight is 508 g/mol. The monoisotopic (exact) mass is 507 g/mol. The first-order chi connectivity index (χ1) is 17.4. The van der Waals surface area contributed by atoms with Gasteiger partial charge in [-0.1, -0.05) is 55.7 Å². The van der Waals surface area contributed by atoms with Gasteiger partial charge >= 0.3 is 0 Å². The van der Waals surface area contributed by atoms with Gasteiger partial charge in [-0.05, 0) is 61.6 Å². The molecule has 0 unspecified atom stereocenters. The second-order valence-electron chi connectivity index (χ2n) is 9.99. The van der Waals surface area contributed by atoms with Crippen molar-refractivity contribution in [1.82, 2.24) is 9.62 Å². The molecule has 2 saturated heterocycles. The quantitative estimate of drug-likeness (QED) is 0.572. The van der Waals surface area contributed by atoms with E-state index >= 15 is 0 Å². The number of nitrogens with zero attached hydrogens (tertiary/aromatic N) is 2. The maximum atomic E-state index is 13.7. The molecule has 5 rings (SSSR count). The first-order valence-electron chi connectivity index (χ1n) is 12.9. The van der Waals surface area contributed by atoms with Crippen LogP contribution in [0, 0.1) is 0 Å². The molecule has 0 spiro atoms. The van der Waals surface area contributed by atoms with Crippen LogP contribution in [-0.4, -0.2) is 49.2 Å². The number of carbonyl (C=O) groups is 2. The number of amides is 2. The van der Waals surface area contributed by atoms with Gasteiger partial charge in [-0.15, -0.1) is 0 Å². The van der Waals surface area contributed by atoms with Gasteiger partial charge in [0.25, 0.3) is 5.91 Å². The molecular weight excluding hydrogens is 474 g/mol. The van der Waals surface area contributed by atoms with Crippen molar-refractivity contribution in [2.24, 2.45) is 0 Å². The van der Waals surface area contributed by atoms with Gasteiger partial charge < -0.3 is 5.32 Å². The van der Waals surface area contributed by atoms with E-state index in [4.69, 9.17) is 0 Å². The molecule has 1 aliphatic carbocycles. The molecule has 1 N–H and O–H groups in total. The summed E-state index contributed by atoms with van der Waals surface area (Å²) < 4.78 is 27.4. The third-order valence-electron chi connectivity index (χ3n) is 7.55. The first kappa shape index (κ1) is 24.7. The minimum Gasteiger partial charge on any atom is -0.351 e. The zero-order valence-corrected chi connectivity index (χ0v) is 21.3. The zero-order chi connectivity index (χ0) is 25.2. The maximum absolute atomic E-state index is 13.7. The summed E-state index contributed by atoms with van der Waals surface area (Å²) in [6.07, 6.45) is 10.8. The van der Waals surface area contributed by atoms with Crippen molar-refractivity contribution in [1.29, 1.82) is 0 Å². The number of carbonyl (C=O) groups excluding carboxylic acids is 2. The van der Waals surface area contributed by atoms with E-state index in [0.29, 0.717) is 18.8 Å². The van der Waals surface area contributed by atoms with Gasteiger partial charge in [-0.3, -0.25) is 14.5 Å². The normalized spacial score (nSPS) is 23.7. The molecule has 2 heterocycles. The molecule has 7 nitrogen and oxygen atoms in total. The van der Waals surface area contributed by atoms with Crippen molar-refractivity contribution < 1.29 is 18.0 Å². The van der Waals surface area contributed by atoms with Crippen molar-refractivity contribution >= 4 is 33.6 Å². The molecule has 0 bridgehead atoms. The molecule has 0 radical (unpaired) electrons. The van der Waals surface area contributed by atoms with Crippen LogP contribution >= 0.6 is 0 Å². The molecule has 0 aromatic heterocycles. The second-order valence-corrected chi connectivity index (χ2v) is 11.9. The van der Waals surface area contributed by atoms with E-state index < -0.39 is 15.6 Å². The molecule has 2 amide bonds. The standard InChI is InChI=1S/C28H33N3O4S/c32-26-21-28(18-17-22-9-3-1-4-10-22,27(33)29-23-11-5-2-6-12-23)31(26)24-13-15-25(16-14-24)36(34,35)30-19-7-8-20-30/h1,3-4,9-10,13-18,23H,2,5-8,11-12,19-21H2,(H,29,33)/b18-17+/t28-/m1/s1. The Kier molecular flexibility index (Phi) is 6.99. The summed E-state index contributed by atoms with van der Waals surface area (Å²) in [7, 11) is -3.56. The SMILES string of the molecule is O=C1C[C@](/C=C/c2ccccc2)(C(=O)NC2CCCCC2)N1c1ccc(S(=O)(=O)N2CCCC2)cc1. The van der Waals surface area contributed by atoms with Crippen molar-refractivity contribution in [3.63, 3.8) is 0 Å². The fraction of sp³-hybridized carbons (Fsp3) is 0.429. The summed E-state index contributed by atoms with van der Waals surface area (Å²) in [6.45, 7) is 1.06. The van der Waals surface area contributed by atoms with Crippen molar-refractivity contribution in [2.45, 2.75) is 67.8 Å². The van der Waals surface area contributed by atoms with Crippen LogP contribution in [0.15, 0.2) is 65.6 Å². The van der Waals surface area contributed by atoms with E-state index in [1.807, 2.05) is 42.5 Å². The Morgan fingerprint density at radius 3 is 2.22 bits per heavy atom. The van der Waals surface area contributed by atoms with Crippen LogP contribution in [0.2, 0.25) is 0 Å². The highest BCUT2D eigenvalue weighted by molar-refractivity contribution is 7.89. The maximum Gasteiger partial charge on any atom is 0.251 e. The van der Waals surface area contributed by atoms with Crippen molar-refractivity contribution in [3.8, 4) is 0 Å². The van der Waals surface area contributed by atoms with Crippen LogP contribution in [0.5, 0.6) is 0 Å². The van der Waals surface area contributed by atoms with E-state index in [-0.39, 0.29) is 29.2 Å². The number of rotatable bonds is 7. The van der Waals surface area contributed by atoms with Gasteiger partial charge in [0.2, 0.25) is 15.9 Å². The summed E-state index contributed by atoms with van der Waals surface area (Å²) in [5.74, 6) is -0.350. The van der Waals surface area contributed by atoms with Crippen LogP contribution in [0.25, 0.3) is 6.08 Å². The van der Waals surface area contributed by atoms with Gasteiger partial charge in [0.05, 0.1) is 11.3 Å². The smallest absolute Gasteiger partial charge is 0.251 e. The third kappa shape index (κ3) is 4.72. The van der Waals surface area contributed by atoms with Gasteiger partial charge in [0, 0.05) is 24.8 Å². The van der Waals surface area contributed by atoms with Crippen LogP contribution in [0.1, 0.15) is 56.9 Å². The lowest BCUT2D eigenvalue weighted by atomic mass is 9.80. The number of sulfonamides is 1. The zero-order valence-electron chi connectivity index (χ0n) is 20.4. The van der Waals surface area contributed by atoms with E-state index in [1.165, 1.54) is 15.6 Å². The molecule has 2 aromatic rings. The fourth-order valence-electron chi connectivity index (χ4n) is 5.49. The number of β-lactam (4-membered cyclic amide) rings is 1. The molecule has 2 aromatic carbocycles. The molecule has 1 atom stereocenters. The van der Waals surface area contributed by atoms with E-state index in [2.05, 4.69) is 5.32 Å². The van der Waals surface area contributed by atoms with Gasteiger partial charge in [-0.2, -0.15) is 4.31 Å². The number of anilines is 1. The van der Waals surface area contributed by atoms with E-state index in [9.17, 15) is 18.0 Å². The molecule has 36 heavy (non-hydrogen) atoms. The van der Waals surface area contributed by atoms with Gasteiger partial charge in [0.1, 0.15) is 0 Å². The Hall–Kier alpha value is -2.97. The first-order valence-corrected chi connectivity index (χ1v) is 14.3. The highest BCUT2D eigenvalue weighted by Gasteiger charge is 2.56. The molecule has 8 heteroatoms. The van der Waals surface area contributed by atoms with Crippen LogP contribution in [0.3, 0.4) is 0 Å².